The minimum absolute atomic E-state index is 0.0785. The molecule has 0 N–H and O–H groups in total. The third-order valence-corrected chi connectivity index (χ3v) is 6.25. The smallest absolute Gasteiger partial charge is 0.263 e. The molecule has 1 aromatic heterocycles. The molecule has 0 radical (unpaired) electrons. The number of amides is 2. The number of piperidine rings is 1. The monoisotopic (exact) mass is 318 g/mol. The van der Waals surface area contributed by atoms with Gasteiger partial charge in [0.1, 0.15) is 0 Å². The molecule has 2 saturated heterocycles. The van der Waals surface area contributed by atoms with Crippen molar-refractivity contribution in [3.8, 4) is 0 Å². The number of rotatable bonds is 3. The highest BCUT2D eigenvalue weighted by atomic mass is 32.1. The molecule has 5 heteroatoms. The van der Waals surface area contributed by atoms with Crippen molar-refractivity contribution < 1.29 is 9.59 Å². The van der Waals surface area contributed by atoms with Crippen LogP contribution in [-0.2, 0) is 4.79 Å². The van der Waals surface area contributed by atoms with Crippen LogP contribution in [0.5, 0.6) is 0 Å². The van der Waals surface area contributed by atoms with Crippen LogP contribution >= 0.6 is 11.3 Å². The van der Waals surface area contributed by atoms with E-state index in [9.17, 15) is 9.59 Å². The fourth-order valence-electron chi connectivity index (χ4n) is 3.99. The average Bonchev–Trinajstić information content (AvgIpc) is 3.10. The molecule has 2 aliphatic heterocycles. The lowest BCUT2D eigenvalue weighted by atomic mass is 9.86. The van der Waals surface area contributed by atoms with E-state index in [-0.39, 0.29) is 11.4 Å². The first-order chi connectivity index (χ1) is 10.7. The zero-order chi connectivity index (χ0) is 15.2. The lowest BCUT2D eigenvalue weighted by Crippen LogP contribution is -2.58. The highest BCUT2D eigenvalue weighted by Gasteiger charge is 2.49. The van der Waals surface area contributed by atoms with Gasteiger partial charge in [-0.25, -0.2) is 0 Å². The molecule has 1 unspecified atom stereocenters. The molecule has 1 aliphatic carbocycles. The molecule has 1 spiro atoms. The average molecular weight is 318 g/mol. The van der Waals surface area contributed by atoms with Gasteiger partial charge in [-0.05, 0) is 49.5 Å². The van der Waals surface area contributed by atoms with Crippen LogP contribution in [0.3, 0.4) is 0 Å². The largest absolute Gasteiger partial charge is 0.336 e. The SMILES string of the molecule is O=C(c1cccs1)N1CCCC2(CCC(=O)N2CC2CC2)C1. The summed E-state index contributed by atoms with van der Waals surface area (Å²) in [4.78, 5) is 29.9. The summed E-state index contributed by atoms with van der Waals surface area (Å²) in [5, 5.41) is 1.95. The Kier molecular flexibility index (Phi) is 3.48. The molecule has 4 nitrogen and oxygen atoms in total. The molecule has 3 heterocycles. The van der Waals surface area contributed by atoms with E-state index in [4.69, 9.17) is 0 Å². The Labute approximate surface area is 135 Å². The summed E-state index contributed by atoms with van der Waals surface area (Å²) in [6, 6.07) is 3.83. The van der Waals surface area contributed by atoms with Crippen LogP contribution in [0.25, 0.3) is 0 Å². The maximum absolute atomic E-state index is 12.7. The Morgan fingerprint density at radius 1 is 1.36 bits per heavy atom. The summed E-state index contributed by atoms with van der Waals surface area (Å²) in [6.45, 7) is 2.46. The van der Waals surface area contributed by atoms with Gasteiger partial charge in [0.25, 0.3) is 5.91 Å². The van der Waals surface area contributed by atoms with E-state index in [1.165, 1.54) is 24.2 Å². The quantitative estimate of drug-likeness (QED) is 0.860. The van der Waals surface area contributed by atoms with Crippen molar-refractivity contribution in [2.75, 3.05) is 19.6 Å². The lowest BCUT2D eigenvalue weighted by Gasteiger charge is -2.46. The predicted molar refractivity (Wildman–Crippen MR) is 85.9 cm³/mol. The van der Waals surface area contributed by atoms with Crippen molar-refractivity contribution in [2.45, 2.75) is 44.1 Å². The van der Waals surface area contributed by atoms with Gasteiger partial charge < -0.3 is 9.80 Å². The zero-order valence-electron chi connectivity index (χ0n) is 12.8. The van der Waals surface area contributed by atoms with Gasteiger partial charge in [-0.2, -0.15) is 0 Å². The van der Waals surface area contributed by atoms with Crippen molar-refractivity contribution in [1.82, 2.24) is 9.80 Å². The van der Waals surface area contributed by atoms with Gasteiger partial charge in [-0.1, -0.05) is 6.07 Å². The molecule has 22 heavy (non-hydrogen) atoms. The first-order valence-electron chi connectivity index (χ1n) is 8.31. The standard InChI is InChI=1S/C17H22N2O2S/c20-15-6-8-17(19(15)11-13-4-5-13)7-2-9-18(12-17)16(21)14-3-1-10-22-14/h1,3,10,13H,2,4-9,11-12H2. The van der Waals surface area contributed by atoms with E-state index in [0.29, 0.717) is 18.2 Å². The molecule has 1 atom stereocenters. The summed E-state index contributed by atoms with van der Waals surface area (Å²) in [6.07, 6.45) is 6.17. The van der Waals surface area contributed by atoms with E-state index in [1.54, 1.807) is 0 Å². The van der Waals surface area contributed by atoms with Gasteiger partial charge >= 0.3 is 0 Å². The molecule has 4 rings (SSSR count). The lowest BCUT2D eigenvalue weighted by molar-refractivity contribution is -0.132. The van der Waals surface area contributed by atoms with Crippen LogP contribution in [-0.4, -0.2) is 46.8 Å². The summed E-state index contributed by atoms with van der Waals surface area (Å²) in [5.41, 5.74) is -0.0785. The van der Waals surface area contributed by atoms with Gasteiger partial charge in [0, 0.05) is 26.1 Å². The maximum Gasteiger partial charge on any atom is 0.263 e. The molecular weight excluding hydrogens is 296 g/mol. The van der Waals surface area contributed by atoms with Gasteiger partial charge in [0.05, 0.1) is 10.4 Å². The minimum atomic E-state index is -0.0785. The van der Waals surface area contributed by atoms with E-state index in [1.807, 2.05) is 22.4 Å². The third kappa shape index (κ3) is 2.45. The number of hydrogen-bond donors (Lipinski definition) is 0. The van der Waals surface area contributed by atoms with Gasteiger partial charge in [0.15, 0.2) is 0 Å². The zero-order valence-corrected chi connectivity index (χ0v) is 13.6. The second-order valence-electron chi connectivity index (χ2n) is 6.98. The van der Waals surface area contributed by atoms with Crippen molar-refractivity contribution >= 4 is 23.2 Å². The Morgan fingerprint density at radius 3 is 2.95 bits per heavy atom. The molecule has 1 saturated carbocycles. The summed E-state index contributed by atoms with van der Waals surface area (Å²) in [7, 11) is 0. The molecule has 3 fully saturated rings. The molecular formula is C17H22N2O2S. The number of nitrogens with zero attached hydrogens (tertiary/aromatic N) is 2. The number of thiophene rings is 1. The van der Waals surface area contributed by atoms with E-state index in [0.717, 1.165) is 43.8 Å². The van der Waals surface area contributed by atoms with Gasteiger partial charge in [-0.3, -0.25) is 9.59 Å². The van der Waals surface area contributed by atoms with Crippen molar-refractivity contribution in [1.29, 1.82) is 0 Å². The third-order valence-electron chi connectivity index (χ3n) is 5.39. The molecule has 0 bridgehead atoms. The second kappa shape index (κ2) is 5.37. The number of carbonyl (C=O) groups excluding carboxylic acids is 2. The Hall–Kier alpha value is -1.36. The van der Waals surface area contributed by atoms with Crippen LogP contribution in [0.15, 0.2) is 17.5 Å². The van der Waals surface area contributed by atoms with Gasteiger partial charge in [-0.15, -0.1) is 11.3 Å². The van der Waals surface area contributed by atoms with E-state index >= 15 is 0 Å². The number of likely N-dealkylation sites (tertiary alicyclic amines) is 2. The Morgan fingerprint density at radius 2 is 2.23 bits per heavy atom. The first kappa shape index (κ1) is 14.2. The van der Waals surface area contributed by atoms with Crippen molar-refractivity contribution in [3.63, 3.8) is 0 Å². The molecule has 1 aromatic rings. The topological polar surface area (TPSA) is 40.6 Å². The molecule has 118 valence electrons. The second-order valence-corrected chi connectivity index (χ2v) is 7.93. The fraction of sp³-hybridized carbons (Fsp3) is 0.647. The highest BCUT2D eigenvalue weighted by Crippen LogP contribution is 2.41. The normalized spacial score (nSPS) is 28.6. The Balaban J connectivity index is 1.53. The molecule has 3 aliphatic rings. The summed E-state index contributed by atoms with van der Waals surface area (Å²) < 4.78 is 0. The van der Waals surface area contributed by atoms with Crippen molar-refractivity contribution in [3.05, 3.63) is 22.4 Å². The first-order valence-corrected chi connectivity index (χ1v) is 9.19. The van der Waals surface area contributed by atoms with Crippen LogP contribution in [0.2, 0.25) is 0 Å². The molecule has 0 aromatic carbocycles. The van der Waals surface area contributed by atoms with E-state index < -0.39 is 0 Å². The minimum Gasteiger partial charge on any atom is -0.336 e. The van der Waals surface area contributed by atoms with Crippen molar-refractivity contribution in [2.24, 2.45) is 5.92 Å². The summed E-state index contributed by atoms with van der Waals surface area (Å²) in [5.74, 6) is 1.15. The van der Waals surface area contributed by atoms with Crippen LogP contribution in [0, 0.1) is 5.92 Å². The van der Waals surface area contributed by atoms with Crippen LogP contribution in [0.4, 0.5) is 0 Å². The highest BCUT2D eigenvalue weighted by molar-refractivity contribution is 7.12. The number of carbonyl (C=O) groups is 2. The van der Waals surface area contributed by atoms with Crippen LogP contribution in [0.1, 0.15) is 48.2 Å². The summed E-state index contributed by atoms with van der Waals surface area (Å²) >= 11 is 1.51. The Bertz CT molecular complexity index is 581. The van der Waals surface area contributed by atoms with Gasteiger partial charge in [0.2, 0.25) is 5.91 Å². The fourth-order valence-corrected chi connectivity index (χ4v) is 4.69. The number of hydrogen-bond acceptors (Lipinski definition) is 3. The van der Waals surface area contributed by atoms with Crippen LogP contribution < -0.4 is 0 Å². The molecule has 2 amide bonds. The van der Waals surface area contributed by atoms with E-state index in [2.05, 4.69) is 4.90 Å². The maximum atomic E-state index is 12.7. The predicted octanol–water partition coefficient (Wildman–Crippen LogP) is 2.76.